The van der Waals surface area contributed by atoms with Crippen molar-refractivity contribution in [3.8, 4) is 11.5 Å². The van der Waals surface area contributed by atoms with Gasteiger partial charge < -0.3 is 19.0 Å². The van der Waals surface area contributed by atoms with Crippen LogP contribution in [0.25, 0.3) is 0 Å². The van der Waals surface area contributed by atoms with Crippen LogP contribution in [0.5, 0.6) is 11.5 Å². The molecule has 0 aliphatic carbocycles. The maximum Gasteiger partial charge on any atom is 0.382 e. The summed E-state index contributed by atoms with van der Waals surface area (Å²) in [5, 5.41) is 10.3. The molecule has 0 bridgehead atoms. The highest BCUT2D eigenvalue weighted by atomic mass is 16.5. The third-order valence-electron chi connectivity index (χ3n) is 4.81. The zero-order valence-corrected chi connectivity index (χ0v) is 17.5. The molecule has 2 aromatic carbocycles. The van der Waals surface area contributed by atoms with Crippen molar-refractivity contribution in [2.45, 2.75) is 39.2 Å². The average molecular weight is 422 g/mol. The van der Waals surface area contributed by atoms with Crippen LogP contribution in [0.4, 0.5) is 0 Å². The van der Waals surface area contributed by atoms with Crippen LogP contribution in [-0.4, -0.2) is 17.7 Å². The zero-order chi connectivity index (χ0) is 22.1. The van der Waals surface area contributed by atoms with Crippen molar-refractivity contribution in [2.24, 2.45) is 0 Å². The summed E-state index contributed by atoms with van der Waals surface area (Å²) in [5.41, 5.74) is 1.42. The number of hydrogen-bond acceptors (Lipinski definition) is 6. The van der Waals surface area contributed by atoms with E-state index in [0.29, 0.717) is 23.3 Å². The van der Waals surface area contributed by atoms with Gasteiger partial charge in [0.15, 0.2) is 5.75 Å². The first-order valence-electron chi connectivity index (χ1n) is 10.4. The van der Waals surface area contributed by atoms with E-state index in [1.807, 2.05) is 18.2 Å². The molecule has 6 nitrogen and oxygen atoms in total. The highest BCUT2D eigenvalue weighted by molar-refractivity contribution is 5.91. The molecular formula is C25H26O6. The molecule has 0 aliphatic heterocycles. The maximum absolute atomic E-state index is 12.3. The Balaban J connectivity index is 1.60. The first-order chi connectivity index (χ1) is 15.1. The van der Waals surface area contributed by atoms with E-state index in [9.17, 15) is 14.7 Å². The molecule has 3 rings (SSSR count). The van der Waals surface area contributed by atoms with E-state index in [4.69, 9.17) is 13.9 Å². The molecule has 0 radical (unpaired) electrons. The van der Waals surface area contributed by atoms with Crippen molar-refractivity contribution in [3.63, 3.8) is 0 Å². The van der Waals surface area contributed by atoms with Crippen LogP contribution in [-0.2, 0) is 24.2 Å². The van der Waals surface area contributed by atoms with Gasteiger partial charge in [-0.05, 0) is 37.8 Å². The van der Waals surface area contributed by atoms with Crippen LogP contribution in [0.2, 0.25) is 0 Å². The molecule has 3 aromatic rings. The lowest BCUT2D eigenvalue weighted by Crippen LogP contribution is -2.12. The number of unbranched alkanes of at least 4 members (excludes halogenated alkanes) is 1. The minimum absolute atomic E-state index is 0.0796. The van der Waals surface area contributed by atoms with E-state index >= 15 is 0 Å². The number of hydrogen-bond donors (Lipinski definition) is 1. The number of ether oxygens (including phenoxy) is 2. The smallest absolute Gasteiger partial charge is 0.382 e. The lowest BCUT2D eigenvalue weighted by Gasteiger charge is -2.11. The van der Waals surface area contributed by atoms with Crippen molar-refractivity contribution in [2.75, 3.05) is 6.61 Å². The number of rotatable bonds is 10. The summed E-state index contributed by atoms with van der Waals surface area (Å²) in [6.07, 6.45) is 3.25. The van der Waals surface area contributed by atoms with Crippen LogP contribution in [0.15, 0.2) is 69.9 Å². The van der Waals surface area contributed by atoms with Gasteiger partial charge in [-0.15, -0.1) is 0 Å². The van der Waals surface area contributed by atoms with E-state index in [2.05, 4.69) is 12.1 Å². The van der Waals surface area contributed by atoms with Gasteiger partial charge >= 0.3 is 11.6 Å². The van der Waals surface area contributed by atoms with Crippen molar-refractivity contribution >= 4 is 5.97 Å². The van der Waals surface area contributed by atoms with Crippen molar-refractivity contribution in [3.05, 3.63) is 93.5 Å². The van der Waals surface area contributed by atoms with E-state index in [1.165, 1.54) is 11.6 Å². The Kier molecular flexibility index (Phi) is 7.87. The topological polar surface area (TPSA) is 86.0 Å². The van der Waals surface area contributed by atoms with Gasteiger partial charge in [0.05, 0.1) is 12.2 Å². The largest absolute Gasteiger partial charge is 0.504 e. The summed E-state index contributed by atoms with van der Waals surface area (Å²) >= 11 is 0. The molecule has 0 spiro atoms. The highest BCUT2D eigenvalue weighted by Crippen LogP contribution is 2.25. The second-order valence-electron chi connectivity index (χ2n) is 7.07. The van der Waals surface area contributed by atoms with E-state index in [1.54, 1.807) is 31.2 Å². The molecule has 0 unspecified atom stereocenters. The summed E-state index contributed by atoms with van der Waals surface area (Å²) in [4.78, 5) is 24.4. The molecule has 162 valence electrons. The predicted octanol–water partition coefficient (Wildman–Crippen LogP) is 4.67. The Morgan fingerprint density at radius 1 is 1.00 bits per heavy atom. The first-order valence-corrected chi connectivity index (χ1v) is 10.4. The van der Waals surface area contributed by atoms with Crippen molar-refractivity contribution in [1.82, 2.24) is 0 Å². The van der Waals surface area contributed by atoms with Crippen LogP contribution < -0.4 is 10.4 Å². The van der Waals surface area contributed by atoms with Crippen molar-refractivity contribution in [1.29, 1.82) is 0 Å². The molecule has 0 amide bonds. The summed E-state index contributed by atoms with van der Waals surface area (Å²) in [6.45, 7) is 1.90. The average Bonchev–Trinajstić information content (AvgIpc) is 2.77. The highest BCUT2D eigenvalue weighted by Gasteiger charge is 2.16. The molecule has 1 N–H and O–H groups in total. The minimum Gasteiger partial charge on any atom is -0.504 e. The number of aryl methyl sites for hydroxylation is 2. The van der Waals surface area contributed by atoms with E-state index in [-0.39, 0.29) is 24.7 Å². The summed E-state index contributed by atoms with van der Waals surface area (Å²) < 4.78 is 15.8. The number of esters is 1. The normalized spacial score (nSPS) is 10.6. The van der Waals surface area contributed by atoms with Crippen LogP contribution >= 0.6 is 0 Å². The SMILES string of the molecule is CCOC(=O)c1ccccc1COc1c(O)cc(CCCCc2ccccc2)oc1=O. The predicted molar refractivity (Wildman–Crippen MR) is 116 cm³/mol. The fraction of sp³-hybridized carbons (Fsp3) is 0.280. The molecule has 1 aromatic heterocycles. The molecular weight excluding hydrogens is 396 g/mol. The van der Waals surface area contributed by atoms with Gasteiger partial charge in [-0.1, -0.05) is 48.5 Å². The third kappa shape index (κ3) is 6.22. The molecule has 0 fully saturated rings. The van der Waals surface area contributed by atoms with Crippen molar-refractivity contribution < 1.29 is 23.8 Å². The van der Waals surface area contributed by atoms with E-state index < -0.39 is 11.6 Å². The standard InChI is InChI=1S/C25H26O6/c1-2-29-24(27)21-15-9-7-13-19(21)17-30-23-22(26)16-20(31-25(23)28)14-8-6-12-18-10-4-3-5-11-18/h3-5,7,9-11,13,15-16,26H,2,6,8,12,14,17H2,1H3. The molecule has 6 heteroatoms. The van der Waals surface area contributed by atoms with Gasteiger partial charge in [-0.2, -0.15) is 0 Å². The number of benzene rings is 2. The number of aromatic hydroxyl groups is 1. The van der Waals surface area contributed by atoms with Gasteiger partial charge in [0.2, 0.25) is 5.75 Å². The lowest BCUT2D eigenvalue weighted by molar-refractivity contribution is 0.0523. The fourth-order valence-electron chi connectivity index (χ4n) is 3.25. The monoisotopic (exact) mass is 422 g/mol. The minimum atomic E-state index is -0.744. The second-order valence-corrected chi connectivity index (χ2v) is 7.07. The zero-order valence-electron chi connectivity index (χ0n) is 17.5. The lowest BCUT2D eigenvalue weighted by atomic mass is 10.1. The molecule has 0 aliphatic rings. The Hall–Kier alpha value is -3.54. The number of carbonyl (C=O) groups excluding carboxylic acids is 1. The molecule has 31 heavy (non-hydrogen) atoms. The molecule has 1 heterocycles. The van der Waals surface area contributed by atoms with Gasteiger partial charge in [-0.3, -0.25) is 0 Å². The second kappa shape index (κ2) is 11.0. The Bertz CT molecular complexity index is 1060. The molecule has 0 saturated carbocycles. The Morgan fingerprint density at radius 2 is 1.71 bits per heavy atom. The van der Waals surface area contributed by atoms with Gasteiger partial charge in [-0.25, -0.2) is 9.59 Å². The number of carbonyl (C=O) groups is 1. The van der Waals surface area contributed by atoms with Crippen LogP contribution in [0.3, 0.4) is 0 Å². The van der Waals surface area contributed by atoms with Gasteiger partial charge in [0, 0.05) is 18.1 Å². The first kappa shape index (κ1) is 22.2. The summed E-state index contributed by atoms with van der Waals surface area (Å²) in [6, 6.07) is 18.4. The molecule has 0 atom stereocenters. The Morgan fingerprint density at radius 3 is 2.45 bits per heavy atom. The maximum atomic E-state index is 12.3. The van der Waals surface area contributed by atoms with Crippen LogP contribution in [0.1, 0.15) is 47.0 Å². The van der Waals surface area contributed by atoms with E-state index in [0.717, 1.165) is 19.3 Å². The third-order valence-corrected chi connectivity index (χ3v) is 4.81. The quantitative estimate of drug-likeness (QED) is 0.378. The fourth-order valence-corrected chi connectivity index (χ4v) is 3.25. The van der Waals surface area contributed by atoms with Gasteiger partial charge in [0.25, 0.3) is 0 Å². The Labute approximate surface area is 181 Å². The summed E-state index contributed by atoms with van der Waals surface area (Å²) in [5.74, 6) is -0.603. The molecule has 0 saturated heterocycles. The summed E-state index contributed by atoms with van der Waals surface area (Å²) in [7, 11) is 0. The van der Waals surface area contributed by atoms with Crippen LogP contribution in [0, 0.1) is 0 Å². The van der Waals surface area contributed by atoms with Gasteiger partial charge in [0.1, 0.15) is 12.4 Å².